The first-order valence-electron chi connectivity index (χ1n) is 8.35. The van der Waals surface area contributed by atoms with Crippen LogP contribution in [0, 0.1) is 13.8 Å². The van der Waals surface area contributed by atoms with E-state index in [2.05, 4.69) is 32.7 Å². The fourth-order valence-corrected chi connectivity index (χ4v) is 1.48. The standard InChI is InChI=1S/C13H10ClNO2.2C4H9.Sn/c14-10-5-6-13(17)11(7-10)15-8-9-3-1-2-4-12(9)16;2*1-3-4-2;/h1-8,16-17H;2*1,3-4H2,2H3;/q;;;+2/p-2. The first kappa shape index (κ1) is 27.0. The van der Waals surface area contributed by atoms with Gasteiger partial charge in [0, 0.05) is 11.2 Å². The molecule has 2 aromatic carbocycles. The normalized spacial score (nSPS) is 9.42. The van der Waals surface area contributed by atoms with Gasteiger partial charge in [-0.3, -0.25) is 4.99 Å². The molecule has 0 aromatic heterocycles. The van der Waals surface area contributed by atoms with Crippen LogP contribution in [-0.2, 0) is 0 Å². The van der Waals surface area contributed by atoms with E-state index >= 15 is 0 Å². The average molecular weight is 479 g/mol. The van der Waals surface area contributed by atoms with Gasteiger partial charge in [0.05, 0.1) is 5.69 Å². The quantitative estimate of drug-likeness (QED) is 0.454. The van der Waals surface area contributed by atoms with Crippen LogP contribution < -0.4 is 10.2 Å². The van der Waals surface area contributed by atoms with Crippen molar-refractivity contribution in [2.45, 2.75) is 39.5 Å². The monoisotopic (exact) mass is 479 g/mol. The third-order valence-electron chi connectivity index (χ3n) is 2.89. The number of para-hydroxylation sites is 1. The van der Waals surface area contributed by atoms with Gasteiger partial charge in [-0.2, -0.15) is 0 Å². The first-order valence-corrected chi connectivity index (χ1v) is 8.73. The van der Waals surface area contributed by atoms with E-state index in [0.717, 1.165) is 12.8 Å². The van der Waals surface area contributed by atoms with E-state index in [1.807, 2.05) is 0 Å². The maximum Gasteiger partial charge on any atom is 2.00 e. The Kier molecular flexibility index (Phi) is 17.9. The van der Waals surface area contributed by atoms with E-state index < -0.39 is 0 Å². The van der Waals surface area contributed by atoms with Gasteiger partial charge in [0.15, 0.2) is 0 Å². The van der Waals surface area contributed by atoms with E-state index in [9.17, 15) is 10.2 Å². The molecular formula is C21H26ClNO2Sn. The zero-order chi connectivity index (χ0) is 19.1. The molecule has 0 N–H and O–H groups in total. The van der Waals surface area contributed by atoms with Crippen LogP contribution in [0.4, 0.5) is 5.69 Å². The summed E-state index contributed by atoms with van der Waals surface area (Å²) in [7, 11) is 0. The average Bonchev–Trinajstić information content (AvgIpc) is 2.64. The van der Waals surface area contributed by atoms with Gasteiger partial charge in [-0.15, -0.1) is 5.75 Å². The maximum absolute atomic E-state index is 11.4. The SMILES string of the molecule is [CH2]CCC.[CH2]CCC.[O-]c1ccccc1C=Nc1cc(Cl)ccc1[O-].[Sn+2]. The van der Waals surface area contributed by atoms with Gasteiger partial charge < -0.3 is 10.2 Å². The second-order valence-electron chi connectivity index (χ2n) is 5.12. The van der Waals surface area contributed by atoms with Crippen LogP contribution in [0.1, 0.15) is 45.1 Å². The third kappa shape index (κ3) is 12.2. The second kappa shape index (κ2) is 17.2. The molecule has 0 aliphatic heterocycles. The van der Waals surface area contributed by atoms with Gasteiger partial charge in [-0.05, 0) is 17.7 Å². The molecular weight excluding hydrogens is 452 g/mol. The maximum atomic E-state index is 11.4. The summed E-state index contributed by atoms with van der Waals surface area (Å²) in [5, 5.41) is 23.3. The third-order valence-corrected chi connectivity index (χ3v) is 3.12. The zero-order valence-electron chi connectivity index (χ0n) is 15.5. The van der Waals surface area contributed by atoms with Crippen LogP contribution in [0.15, 0.2) is 47.5 Å². The Morgan fingerprint density at radius 3 is 2.00 bits per heavy atom. The number of unbranched alkanes of at least 4 members (excludes halogenated alkanes) is 2. The minimum atomic E-state index is -0.228. The zero-order valence-corrected chi connectivity index (χ0v) is 19.1. The predicted octanol–water partition coefficient (Wildman–Crippen LogP) is 5.10. The molecule has 0 amide bonds. The van der Waals surface area contributed by atoms with Gasteiger partial charge in [0.2, 0.25) is 0 Å². The van der Waals surface area contributed by atoms with E-state index in [-0.39, 0.29) is 41.1 Å². The number of aliphatic imine (C=N–C) groups is 1. The number of rotatable bonds is 4. The van der Waals surface area contributed by atoms with Crippen molar-refractivity contribution in [1.29, 1.82) is 0 Å². The Balaban J connectivity index is 0. The Morgan fingerprint density at radius 2 is 1.50 bits per heavy atom. The van der Waals surface area contributed by atoms with Crippen molar-refractivity contribution in [1.82, 2.24) is 0 Å². The number of nitrogens with zero attached hydrogens (tertiary/aromatic N) is 1. The minimum Gasteiger partial charge on any atom is -0.872 e. The summed E-state index contributed by atoms with van der Waals surface area (Å²) in [5.74, 6) is -0.361. The molecule has 0 spiro atoms. The Morgan fingerprint density at radius 1 is 0.962 bits per heavy atom. The van der Waals surface area contributed by atoms with Crippen molar-refractivity contribution in [2.75, 3.05) is 0 Å². The van der Waals surface area contributed by atoms with Gasteiger partial charge in [-0.25, -0.2) is 0 Å². The molecule has 0 fully saturated rings. The Hall–Kier alpha value is -1.20. The van der Waals surface area contributed by atoms with Crippen molar-refractivity contribution >= 4 is 47.4 Å². The molecule has 0 saturated heterocycles. The van der Waals surface area contributed by atoms with Crippen LogP contribution in [0.3, 0.4) is 0 Å². The fourth-order valence-electron chi connectivity index (χ4n) is 1.32. The molecule has 2 rings (SSSR count). The Labute approximate surface area is 180 Å². The van der Waals surface area contributed by atoms with Crippen molar-refractivity contribution < 1.29 is 10.2 Å². The molecule has 138 valence electrons. The first-order chi connectivity index (χ1) is 12.0. The molecule has 0 aliphatic rings. The van der Waals surface area contributed by atoms with Gasteiger partial charge in [-0.1, -0.05) is 101 Å². The largest absolute Gasteiger partial charge is 2.00 e. The summed E-state index contributed by atoms with van der Waals surface area (Å²) < 4.78 is 0. The van der Waals surface area contributed by atoms with Gasteiger partial charge >= 0.3 is 23.9 Å². The number of hydrogen-bond donors (Lipinski definition) is 0. The summed E-state index contributed by atoms with van der Waals surface area (Å²) in [4.78, 5) is 3.98. The van der Waals surface area contributed by atoms with Gasteiger partial charge in [0.1, 0.15) is 0 Å². The van der Waals surface area contributed by atoms with Crippen LogP contribution in [0.2, 0.25) is 5.02 Å². The topological polar surface area (TPSA) is 58.5 Å². The molecule has 26 heavy (non-hydrogen) atoms. The summed E-state index contributed by atoms with van der Waals surface area (Å²) in [6.45, 7) is 11.4. The summed E-state index contributed by atoms with van der Waals surface area (Å²) in [6, 6.07) is 10.8. The van der Waals surface area contributed by atoms with Crippen LogP contribution >= 0.6 is 11.6 Å². The van der Waals surface area contributed by atoms with Crippen LogP contribution in [-0.4, -0.2) is 30.1 Å². The Bertz CT molecular complexity index is 625. The molecule has 0 atom stereocenters. The number of hydrogen-bond acceptors (Lipinski definition) is 3. The van der Waals surface area contributed by atoms with Gasteiger partial charge in [0.25, 0.3) is 0 Å². The number of halogens is 1. The number of benzene rings is 2. The molecule has 0 heterocycles. The molecule has 0 bridgehead atoms. The van der Waals surface area contributed by atoms with Crippen molar-refractivity contribution in [2.24, 2.45) is 4.99 Å². The molecule has 0 unspecified atom stereocenters. The summed E-state index contributed by atoms with van der Waals surface area (Å²) >= 11 is 5.76. The minimum absolute atomic E-state index is 0. The fraction of sp³-hybridized carbons (Fsp3) is 0.286. The molecule has 0 aliphatic carbocycles. The molecule has 0 saturated carbocycles. The van der Waals surface area contributed by atoms with Crippen molar-refractivity contribution in [3.63, 3.8) is 0 Å². The predicted molar refractivity (Wildman–Crippen MR) is 110 cm³/mol. The van der Waals surface area contributed by atoms with E-state index in [1.54, 1.807) is 18.2 Å². The van der Waals surface area contributed by atoms with Crippen molar-refractivity contribution in [3.8, 4) is 11.5 Å². The smallest absolute Gasteiger partial charge is 0.872 e. The summed E-state index contributed by atoms with van der Waals surface area (Å²) in [5.41, 5.74) is 0.660. The molecule has 5 heteroatoms. The van der Waals surface area contributed by atoms with Crippen molar-refractivity contribution in [3.05, 3.63) is 66.9 Å². The van der Waals surface area contributed by atoms with E-state index in [4.69, 9.17) is 11.6 Å². The van der Waals surface area contributed by atoms with Crippen LogP contribution in [0.25, 0.3) is 0 Å². The van der Waals surface area contributed by atoms with Crippen LogP contribution in [0.5, 0.6) is 11.5 Å². The second-order valence-corrected chi connectivity index (χ2v) is 5.55. The molecule has 3 nitrogen and oxygen atoms in total. The van der Waals surface area contributed by atoms with E-state index in [0.29, 0.717) is 10.6 Å². The molecule has 4 radical (unpaired) electrons. The van der Waals surface area contributed by atoms with E-state index in [1.165, 1.54) is 43.3 Å². The molecule has 2 aromatic rings. The summed E-state index contributed by atoms with van der Waals surface area (Å²) in [6.07, 6.45) is 5.93.